The molecule has 4 rings (SSSR count). The summed E-state index contributed by atoms with van der Waals surface area (Å²) in [6, 6.07) is 9.45. The topological polar surface area (TPSA) is 171 Å². The Hall–Kier alpha value is -4.71. The van der Waals surface area contributed by atoms with Crippen LogP contribution in [-0.4, -0.2) is 95.7 Å². The predicted molar refractivity (Wildman–Crippen MR) is 171 cm³/mol. The Bertz CT molecular complexity index is 1550. The fraction of sp³-hybridized carbons (Fsp3) is 0.485. The molecule has 1 amide bonds. The molecule has 4 heterocycles. The maximum absolute atomic E-state index is 13.2. The number of hydrogen-bond donors (Lipinski definition) is 1. The number of aromatic nitrogens is 4. The third-order valence-corrected chi connectivity index (χ3v) is 6.97. The molecule has 0 aliphatic carbocycles. The van der Waals surface area contributed by atoms with Gasteiger partial charge in [-0.25, -0.2) is 24.7 Å². The molecule has 0 unspecified atom stereocenters. The number of anilines is 1. The van der Waals surface area contributed by atoms with Gasteiger partial charge >= 0.3 is 12.1 Å². The van der Waals surface area contributed by atoms with E-state index in [0.717, 1.165) is 0 Å². The van der Waals surface area contributed by atoms with Crippen molar-refractivity contribution in [3.8, 4) is 23.3 Å². The van der Waals surface area contributed by atoms with Gasteiger partial charge in [0.15, 0.2) is 5.78 Å². The molecule has 0 spiro atoms. The fourth-order valence-corrected chi connectivity index (χ4v) is 4.61. The van der Waals surface area contributed by atoms with Crippen LogP contribution >= 0.6 is 0 Å². The van der Waals surface area contributed by atoms with E-state index >= 15 is 0 Å². The molecule has 1 aliphatic rings. The maximum Gasteiger partial charge on any atom is 0.407 e. The second-order valence-electron chi connectivity index (χ2n) is 12.0. The van der Waals surface area contributed by atoms with Crippen molar-refractivity contribution in [2.24, 2.45) is 0 Å². The molecule has 3 aromatic heterocycles. The second-order valence-corrected chi connectivity index (χ2v) is 12.0. The number of ether oxygens (including phenoxy) is 5. The van der Waals surface area contributed by atoms with E-state index in [9.17, 15) is 14.9 Å². The third kappa shape index (κ3) is 9.89. The Morgan fingerprint density at radius 1 is 0.957 bits per heavy atom. The zero-order chi connectivity index (χ0) is 33.9. The van der Waals surface area contributed by atoms with Crippen LogP contribution in [0.4, 0.5) is 10.6 Å². The summed E-state index contributed by atoms with van der Waals surface area (Å²) in [5, 5.41) is 12.1. The van der Waals surface area contributed by atoms with Gasteiger partial charge < -0.3 is 33.9 Å². The van der Waals surface area contributed by atoms with E-state index in [4.69, 9.17) is 28.7 Å². The average molecular weight is 648 g/mol. The van der Waals surface area contributed by atoms with Gasteiger partial charge in [-0.3, -0.25) is 4.79 Å². The van der Waals surface area contributed by atoms with Crippen molar-refractivity contribution in [3.05, 3.63) is 59.7 Å². The first-order valence-corrected chi connectivity index (χ1v) is 15.3. The zero-order valence-corrected chi connectivity index (χ0v) is 27.4. The summed E-state index contributed by atoms with van der Waals surface area (Å²) in [6.07, 6.45) is 4.33. The standard InChI is InChI=1S/C33H41N7O7/c1-32(2,3)47-31(42)36-11-12-43-13-14-44-15-16-45-17-18-46-30-37-20-24(21-38-30)26-9-8-25-28(41)33(4,5)40(29(25)39-26)22-23-7-6-10-35-27(23)19-34/h6-10,20-21H,11-18,22H2,1-5H3,(H,36,42). The molecule has 14 nitrogen and oxygen atoms in total. The Morgan fingerprint density at radius 2 is 1.62 bits per heavy atom. The lowest BCUT2D eigenvalue weighted by atomic mass is 9.97. The van der Waals surface area contributed by atoms with E-state index in [1.165, 1.54) is 0 Å². The van der Waals surface area contributed by atoms with Gasteiger partial charge in [0.05, 0.1) is 56.4 Å². The van der Waals surface area contributed by atoms with Gasteiger partial charge in [0.25, 0.3) is 0 Å². The lowest BCUT2D eigenvalue weighted by Crippen LogP contribution is -2.44. The highest BCUT2D eigenvalue weighted by Gasteiger charge is 2.45. The molecule has 0 bridgehead atoms. The van der Waals surface area contributed by atoms with Crippen LogP contribution in [0.1, 0.15) is 56.2 Å². The Kier molecular flexibility index (Phi) is 12.1. The van der Waals surface area contributed by atoms with Crippen LogP contribution in [0.5, 0.6) is 6.01 Å². The minimum Gasteiger partial charge on any atom is -0.461 e. The van der Waals surface area contributed by atoms with E-state index in [2.05, 4.69) is 26.3 Å². The maximum atomic E-state index is 13.2. The van der Waals surface area contributed by atoms with Gasteiger partial charge in [-0.05, 0) is 52.8 Å². The van der Waals surface area contributed by atoms with Gasteiger partial charge in [0.1, 0.15) is 29.8 Å². The van der Waals surface area contributed by atoms with Gasteiger partial charge in [-0.2, -0.15) is 5.26 Å². The van der Waals surface area contributed by atoms with E-state index in [1.807, 2.05) is 24.8 Å². The number of nitriles is 1. The number of Topliss-reactive ketones (excluding diaryl/α,β-unsaturated/α-hetero) is 1. The highest BCUT2D eigenvalue weighted by molar-refractivity contribution is 6.12. The highest BCUT2D eigenvalue weighted by atomic mass is 16.6. The number of rotatable bonds is 16. The first-order valence-electron chi connectivity index (χ1n) is 15.3. The molecule has 3 aromatic rings. The number of alkyl carbamates (subject to hydrolysis) is 1. The summed E-state index contributed by atoms with van der Waals surface area (Å²) in [6.45, 7) is 12.3. The normalized spacial score (nSPS) is 13.6. The smallest absolute Gasteiger partial charge is 0.407 e. The molecule has 0 fully saturated rings. The lowest BCUT2D eigenvalue weighted by molar-refractivity contribution is 0.00856. The number of pyridine rings is 2. The van der Waals surface area contributed by atoms with Crippen molar-refractivity contribution >= 4 is 17.7 Å². The van der Waals surface area contributed by atoms with E-state index in [-0.39, 0.29) is 18.4 Å². The molecule has 1 N–H and O–H groups in total. The summed E-state index contributed by atoms with van der Waals surface area (Å²) in [4.78, 5) is 44.2. The summed E-state index contributed by atoms with van der Waals surface area (Å²) in [7, 11) is 0. The Balaban J connectivity index is 1.16. The number of carbonyl (C=O) groups is 2. The average Bonchev–Trinajstić information content (AvgIpc) is 3.22. The molecule has 0 radical (unpaired) electrons. The molecule has 14 heteroatoms. The van der Waals surface area contributed by atoms with Crippen molar-refractivity contribution in [2.75, 3.05) is 57.7 Å². The summed E-state index contributed by atoms with van der Waals surface area (Å²) >= 11 is 0. The molecule has 0 aromatic carbocycles. The van der Waals surface area contributed by atoms with Crippen LogP contribution in [0.15, 0.2) is 42.9 Å². The first kappa shape index (κ1) is 35.1. The van der Waals surface area contributed by atoms with Crippen molar-refractivity contribution in [3.63, 3.8) is 0 Å². The van der Waals surface area contributed by atoms with Crippen molar-refractivity contribution in [2.45, 2.75) is 52.3 Å². The fourth-order valence-electron chi connectivity index (χ4n) is 4.61. The summed E-state index contributed by atoms with van der Waals surface area (Å²) in [5.41, 5.74) is 1.42. The van der Waals surface area contributed by atoms with Crippen LogP contribution in [-0.2, 0) is 25.5 Å². The number of fused-ring (bicyclic) bond motifs is 1. The summed E-state index contributed by atoms with van der Waals surface area (Å²) in [5.74, 6) is 0.491. The largest absolute Gasteiger partial charge is 0.461 e. The highest BCUT2D eigenvalue weighted by Crippen LogP contribution is 2.39. The third-order valence-electron chi connectivity index (χ3n) is 6.97. The van der Waals surface area contributed by atoms with Crippen LogP contribution in [0, 0.1) is 11.3 Å². The van der Waals surface area contributed by atoms with Gasteiger partial charge in [0.2, 0.25) is 0 Å². The minimum atomic E-state index is -0.850. The number of nitrogens with one attached hydrogen (secondary N) is 1. The molecule has 0 saturated heterocycles. The monoisotopic (exact) mass is 647 g/mol. The van der Waals surface area contributed by atoms with E-state index < -0.39 is 17.2 Å². The van der Waals surface area contributed by atoms with Gasteiger partial charge in [-0.15, -0.1) is 0 Å². The van der Waals surface area contributed by atoms with Gasteiger partial charge in [-0.1, -0.05) is 6.07 Å². The molecule has 0 saturated carbocycles. The Morgan fingerprint density at radius 3 is 2.28 bits per heavy atom. The van der Waals surface area contributed by atoms with Crippen LogP contribution in [0.2, 0.25) is 0 Å². The quantitative estimate of drug-likeness (QED) is 0.223. The van der Waals surface area contributed by atoms with Crippen LogP contribution < -0.4 is 15.0 Å². The summed E-state index contributed by atoms with van der Waals surface area (Å²) < 4.78 is 27.1. The number of amides is 1. The van der Waals surface area contributed by atoms with Crippen molar-refractivity contribution in [1.82, 2.24) is 25.3 Å². The number of carbonyl (C=O) groups excluding carboxylic acids is 2. The van der Waals surface area contributed by atoms with Crippen LogP contribution in [0.3, 0.4) is 0 Å². The first-order chi connectivity index (χ1) is 22.5. The molecular weight excluding hydrogens is 606 g/mol. The van der Waals surface area contributed by atoms with Crippen LogP contribution in [0.25, 0.3) is 11.3 Å². The van der Waals surface area contributed by atoms with Gasteiger partial charge in [0, 0.05) is 42.8 Å². The minimum absolute atomic E-state index is 0.0433. The molecule has 47 heavy (non-hydrogen) atoms. The molecule has 250 valence electrons. The zero-order valence-electron chi connectivity index (χ0n) is 27.4. The number of hydrogen-bond acceptors (Lipinski definition) is 13. The second kappa shape index (κ2) is 16.2. The van der Waals surface area contributed by atoms with E-state index in [0.29, 0.717) is 86.6 Å². The predicted octanol–water partition coefficient (Wildman–Crippen LogP) is 3.74. The SMILES string of the molecule is CC(C)(C)OC(=O)NCCOCCOCCOCCOc1ncc(-c2ccc3c(n2)N(Cc2cccnc2C#N)C(C)(C)C3=O)cn1. The molecule has 1 aliphatic heterocycles. The Labute approximate surface area is 274 Å². The number of ketones is 1. The molecule has 0 atom stereocenters. The van der Waals surface area contributed by atoms with E-state index in [1.54, 1.807) is 57.6 Å². The molecular formula is C33H41N7O7. The number of nitrogens with zero attached hydrogens (tertiary/aromatic N) is 6. The van der Waals surface area contributed by atoms with Crippen molar-refractivity contribution < 1.29 is 33.3 Å². The van der Waals surface area contributed by atoms with Crippen molar-refractivity contribution in [1.29, 1.82) is 5.26 Å². The lowest BCUT2D eigenvalue weighted by Gasteiger charge is -2.32.